The number of fused-ring (bicyclic) bond motifs is 1. The summed E-state index contributed by atoms with van der Waals surface area (Å²) in [5.41, 5.74) is 0.372. The second kappa shape index (κ2) is 8.49. The summed E-state index contributed by atoms with van der Waals surface area (Å²) in [6.07, 6.45) is 0.562. The highest BCUT2D eigenvalue weighted by Crippen LogP contribution is 2.45. The minimum atomic E-state index is -3.88. The van der Waals surface area contributed by atoms with E-state index in [-0.39, 0.29) is 16.0 Å². The van der Waals surface area contributed by atoms with Gasteiger partial charge in [0.2, 0.25) is 5.91 Å². The number of ether oxygens (including phenoxy) is 2. The minimum absolute atomic E-state index is 0.0131. The van der Waals surface area contributed by atoms with Gasteiger partial charge < -0.3 is 20.1 Å². The lowest BCUT2D eigenvalue weighted by molar-refractivity contribution is -0.113. The molecule has 174 valence electrons. The Morgan fingerprint density at radius 2 is 1.75 bits per heavy atom. The third-order valence-corrected chi connectivity index (χ3v) is 8.33. The highest BCUT2D eigenvalue weighted by atomic mass is 32.2. The van der Waals surface area contributed by atoms with Gasteiger partial charge in [-0.1, -0.05) is 0 Å². The number of hydrogen-bond donors (Lipinski definition) is 2. The molecule has 0 saturated carbocycles. The van der Waals surface area contributed by atoms with E-state index in [1.54, 1.807) is 0 Å². The molecule has 10 heteroatoms. The monoisotopic (exact) mass is 480 g/mol. The Morgan fingerprint density at radius 1 is 1.12 bits per heavy atom. The summed E-state index contributed by atoms with van der Waals surface area (Å²) in [5, 5.41) is 6.49. The molecule has 32 heavy (non-hydrogen) atoms. The first-order valence-electron chi connectivity index (χ1n) is 10.00. The number of methoxy groups -OCH3 is 2. The predicted molar refractivity (Wildman–Crippen MR) is 123 cm³/mol. The lowest BCUT2D eigenvalue weighted by atomic mass is 9.81. The van der Waals surface area contributed by atoms with Crippen LogP contribution < -0.4 is 15.4 Å². The molecule has 1 aliphatic rings. The Morgan fingerprint density at radius 3 is 2.31 bits per heavy atom. The lowest BCUT2D eigenvalue weighted by Gasteiger charge is -2.42. The highest BCUT2D eigenvalue weighted by Gasteiger charge is 2.42. The van der Waals surface area contributed by atoms with Crippen molar-refractivity contribution >= 4 is 38.1 Å². The second-order valence-corrected chi connectivity index (χ2v) is 11.9. The number of esters is 1. The molecule has 1 aromatic heterocycles. The molecule has 0 atom stereocenters. The number of hydrogen-bond acceptors (Lipinski definition) is 8. The van der Waals surface area contributed by atoms with Crippen molar-refractivity contribution in [2.24, 2.45) is 0 Å². The maximum atomic E-state index is 12.7. The first-order valence-corrected chi connectivity index (χ1v) is 12.5. The predicted octanol–water partition coefficient (Wildman–Crippen LogP) is 3.12. The van der Waals surface area contributed by atoms with Crippen molar-refractivity contribution in [3.05, 3.63) is 40.3 Å². The fourth-order valence-corrected chi connectivity index (χ4v) is 6.55. The van der Waals surface area contributed by atoms with Crippen molar-refractivity contribution < 1.29 is 27.5 Å². The van der Waals surface area contributed by atoms with Crippen LogP contribution in [0, 0.1) is 0 Å². The molecule has 2 aromatic rings. The van der Waals surface area contributed by atoms with Gasteiger partial charge in [0.05, 0.1) is 24.7 Å². The van der Waals surface area contributed by atoms with Crippen molar-refractivity contribution in [2.75, 3.05) is 25.3 Å². The summed E-state index contributed by atoms with van der Waals surface area (Å²) in [7, 11) is -1.12. The summed E-state index contributed by atoms with van der Waals surface area (Å²) in [4.78, 5) is 26.3. The van der Waals surface area contributed by atoms with Gasteiger partial charge in [-0.05, 0) is 63.9 Å². The number of rotatable bonds is 6. The van der Waals surface area contributed by atoms with Gasteiger partial charge >= 0.3 is 5.97 Å². The van der Waals surface area contributed by atoms with Crippen molar-refractivity contribution in [1.82, 2.24) is 5.32 Å². The van der Waals surface area contributed by atoms with Crippen molar-refractivity contribution in [3.8, 4) is 5.75 Å². The van der Waals surface area contributed by atoms with E-state index in [2.05, 4.69) is 10.6 Å². The maximum absolute atomic E-state index is 12.7. The van der Waals surface area contributed by atoms with Gasteiger partial charge in [-0.25, -0.2) is 13.2 Å². The van der Waals surface area contributed by atoms with E-state index in [9.17, 15) is 18.0 Å². The normalized spacial score (nSPS) is 16.7. The quantitative estimate of drug-likeness (QED) is 0.611. The molecule has 1 aromatic carbocycles. The van der Waals surface area contributed by atoms with Crippen molar-refractivity contribution in [2.45, 2.75) is 50.1 Å². The largest absolute Gasteiger partial charge is 0.497 e. The number of carbonyl (C=O) groups excluding carboxylic acids is 2. The van der Waals surface area contributed by atoms with Crippen LogP contribution >= 0.6 is 11.3 Å². The first kappa shape index (κ1) is 24.2. The number of carbonyl (C=O) groups is 2. The molecule has 0 radical (unpaired) electrons. The second-order valence-electron chi connectivity index (χ2n) is 8.90. The molecule has 2 heterocycles. The minimum Gasteiger partial charge on any atom is -0.497 e. The van der Waals surface area contributed by atoms with Crippen molar-refractivity contribution in [3.63, 3.8) is 0 Å². The van der Waals surface area contributed by atoms with Crippen LogP contribution in [0.15, 0.2) is 29.2 Å². The molecule has 3 rings (SSSR count). The maximum Gasteiger partial charge on any atom is 0.341 e. The van der Waals surface area contributed by atoms with Gasteiger partial charge in [0.15, 0.2) is 9.84 Å². The van der Waals surface area contributed by atoms with E-state index in [1.165, 1.54) is 49.8 Å². The molecule has 8 nitrogen and oxygen atoms in total. The average Bonchev–Trinajstić information content (AvgIpc) is 3.03. The standard InChI is InChI=1S/C22H28N2O6S2/c1-21(2)11-15-17(20(26)30-6)19(31-18(15)22(3,4)24-21)23-16(25)12-32(27,28)14-9-7-13(29-5)8-10-14/h7-10,24H,11-12H2,1-6H3,(H,23,25). The molecule has 0 fully saturated rings. The molecule has 1 aliphatic heterocycles. The van der Waals surface area contributed by atoms with Crippen LogP contribution in [0.2, 0.25) is 0 Å². The number of thiophene rings is 1. The van der Waals surface area contributed by atoms with Crippen LogP contribution in [0.4, 0.5) is 5.00 Å². The Kier molecular flexibility index (Phi) is 6.43. The third-order valence-electron chi connectivity index (χ3n) is 5.23. The van der Waals surface area contributed by atoms with Crippen LogP contribution in [0.3, 0.4) is 0 Å². The molecule has 0 aliphatic carbocycles. The molecule has 0 bridgehead atoms. The molecular formula is C22H28N2O6S2. The van der Waals surface area contributed by atoms with Crippen LogP contribution in [0.1, 0.15) is 48.5 Å². The Labute approximate surface area is 192 Å². The van der Waals surface area contributed by atoms with E-state index in [4.69, 9.17) is 9.47 Å². The summed E-state index contributed by atoms with van der Waals surface area (Å²) < 4.78 is 35.4. The Bertz CT molecular complexity index is 1150. The lowest BCUT2D eigenvalue weighted by Crippen LogP contribution is -2.55. The van der Waals surface area contributed by atoms with E-state index >= 15 is 0 Å². The molecule has 1 amide bonds. The smallest absolute Gasteiger partial charge is 0.341 e. The molecule has 0 spiro atoms. The fraction of sp³-hybridized carbons (Fsp3) is 0.455. The fourth-order valence-electron chi connectivity index (χ4n) is 4.14. The van der Waals surface area contributed by atoms with Gasteiger partial charge in [0.25, 0.3) is 0 Å². The third kappa shape index (κ3) is 4.82. The van der Waals surface area contributed by atoms with E-state index in [0.717, 1.165) is 10.4 Å². The zero-order valence-electron chi connectivity index (χ0n) is 19.0. The molecule has 0 unspecified atom stereocenters. The summed E-state index contributed by atoms with van der Waals surface area (Å²) in [6, 6.07) is 5.82. The number of sulfone groups is 1. The van der Waals surface area contributed by atoms with Gasteiger partial charge in [-0.15, -0.1) is 11.3 Å². The summed E-state index contributed by atoms with van der Waals surface area (Å²) in [5.74, 6) is -1.53. The molecular weight excluding hydrogens is 452 g/mol. The van der Waals surface area contributed by atoms with E-state index in [0.29, 0.717) is 17.2 Å². The number of amides is 1. The van der Waals surface area contributed by atoms with E-state index in [1.807, 2.05) is 27.7 Å². The highest BCUT2D eigenvalue weighted by molar-refractivity contribution is 7.92. The Balaban J connectivity index is 1.92. The number of nitrogens with one attached hydrogen (secondary N) is 2. The van der Waals surface area contributed by atoms with Crippen LogP contribution in [0.5, 0.6) is 5.75 Å². The zero-order chi connectivity index (χ0) is 23.9. The number of anilines is 1. The number of benzene rings is 1. The zero-order valence-corrected chi connectivity index (χ0v) is 20.6. The van der Waals surface area contributed by atoms with Gasteiger partial charge in [-0.2, -0.15) is 0 Å². The van der Waals surface area contributed by atoms with E-state index < -0.39 is 33.0 Å². The summed E-state index contributed by atoms with van der Waals surface area (Å²) in [6.45, 7) is 8.08. The SMILES string of the molecule is COC(=O)c1c(NC(=O)CS(=O)(=O)c2ccc(OC)cc2)sc2c1CC(C)(C)NC2(C)C. The topological polar surface area (TPSA) is 111 Å². The molecule has 2 N–H and O–H groups in total. The summed E-state index contributed by atoms with van der Waals surface area (Å²) >= 11 is 1.26. The van der Waals surface area contributed by atoms with Crippen LogP contribution in [-0.4, -0.2) is 45.8 Å². The van der Waals surface area contributed by atoms with Gasteiger partial charge in [-0.3, -0.25) is 4.79 Å². The van der Waals surface area contributed by atoms with Gasteiger partial charge in [0.1, 0.15) is 16.5 Å². The average molecular weight is 481 g/mol. The van der Waals surface area contributed by atoms with Crippen LogP contribution in [0.25, 0.3) is 0 Å². The molecule has 0 saturated heterocycles. The Hall–Kier alpha value is -2.43. The van der Waals surface area contributed by atoms with Gasteiger partial charge in [0, 0.05) is 16.0 Å². The first-order chi connectivity index (χ1) is 14.8. The van der Waals surface area contributed by atoms with Crippen LogP contribution in [-0.2, 0) is 31.3 Å². The van der Waals surface area contributed by atoms with Crippen molar-refractivity contribution in [1.29, 1.82) is 0 Å².